The molecule has 0 aliphatic heterocycles. The molecule has 5 heteroatoms. The van der Waals surface area contributed by atoms with Crippen LogP contribution in [-0.2, 0) is 11.3 Å². The van der Waals surface area contributed by atoms with E-state index in [4.69, 9.17) is 16.3 Å². The number of aliphatic hydroxyl groups is 1. The third kappa shape index (κ3) is 4.80. The Morgan fingerprint density at radius 3 is 3.00 bits per heavy atom. The molecule has 2 aromatic rings. The quantitative estimate of drug-likeness (QED) is 0.819. The standard InChI is InChI=1S/C15H18ClNO2S/c1-11-4-5-12(16)7-15(11)17-8-13(18)9-19-10-14-3-2-6-20-14/h2-7,13,17-18H,8-10H2,1H3. The maximum atomic E-state index is 9.88. The summed E-state index contributed by atoms with van der Waals surface area (Å²) in [5.74, 6) is 0. The van der Waals surface area contributed by atoms with E-state index in [-0.39, 0.29) is 0 Å². The first-order valence-electron chi connectivity index (χ1n) is 6.43. The molecule has 0 saturated heterocycles. The molecule has 0 aliphatic carbocycles. The molecule has 108 valence electrons. The molecule has 2 rings (SSSR count). The average molecular weight is 312 g/mol. The molecule has 1 heterocycles. The number of ether oxygens (including phenoxy) is 1. The van der Waals surface area contributed by atoms with Crippen LogP contribution in [0.4, 0.5) is 5.69 Å². The number of thiophene rings is 1. The fourth-order valence-electron chi connectivity index (χ4n) is 1.76. The first-order valence-corrected chi connectivity index (χ1v) is 7.69. The Labute approximate surface area is 128 Å². The van der Waals surface area contributed by atoms with Gasteiger partial charge in [0.15, 0.2) is 0 Å². The second kappa shape index (κ2) is 7.64. The lowest BCUT2D eigenvalue weighted by molar-refractivity contribution is 0.0359. The minimum atomic E-state index is -0.548. The molecule has 20 heavy (non-hydrogen) atoms. The third-order valence-corrected chi connectivity index (χ3v) is 3.95. The molecule has 1 aromatic heterocycles. The average Bonchev–Trinajstić information content (AvgIpc) is 2.93. The number of hydrogen-bond donors (Lipinski definition) is 2. The van der Waals surface area contributed by atoms with Gasteiger partial charge in [0.05, 0.1) is 19.3 Å². The van der Waals surface area contributed by atoms with Crippen LogP contribution in [0.15, 0.2) is 35.7 Å². The Morgan fingerprint density at radius 2 is 2.25 bits per heavy atom. The van der Waals surface area contributed by atoms with E-state index in [0.717, 1.165) is 16.1 Å². The topological polar surface area (TPSA) is 41.5 Å². The van der Waals surface area contributed by atoms with Crippen LogP contribution in [0.25, 0.3) is 0 Å². The number of halogens is 1. The van der Waals surface area contributed by atoms with Crippen molar-refractivity contribution in [3.05, 3.63) is 51.2 Å². The van der Waals surface area contributed by atoms with E-state index < -0.39 is 6.10 Å². The second-order valence-corrected chi connectivity index (χ2v) is 6.06. The van der Waals surface area contributed by atoms with E-state index >= 15 is 0 Å². The first-order chi connectivity index (χ1) is 9.65. The zero-order chi connectivity index (χ0) is 14.4. The van der Waals surface area contributed by atoms with Gasteiger partial charge in [-0.05, 0) is 36.1 Å². The van der Waals surface area contributed by atoms with Gasteiger partial charge in [0.25, 0.3) is 0 Å². The van der Waals surface area contributed by atoms with Crippen LogP contribution in [0, 0.1) is 6.92 Å². The second-order valence-electron chi connectivity index (χ2n) is 4.59. The van der Waals surface area contributed by atoms with Crippen molar-refractivity contribution in [1.82, 2.24) is 0 Å². The Hall–Kier alpha value is -1.07. The van der Waals surface area contributed by atoms with Gasteiger partial charge in [0.1, 0.15) is 0 Å². The SMILES string of the molecule is Cc1ccc(Cl)cc1NCC(O)COCc1cccs1. The fourth-order valence-corrected chi connectivity index (χ4v) is 2.57. The van der Waals surface area contributed by atoms with Crippen molar-refractivity contribution >= 4 is 28.6 Å². The molecule has 1 atom stereocenters. The molecule has 0 radical (unpaired) electrons. The molecular weight excluding hydrogens is 294 g/mol. The van der Waals surface area contributed by atoms with Gasteiger partial charge in [-0.3, -0.25) is 0 Å². The number of hydrogen-bond acceptors (Lipinski definition) is 4. The van der Waals surface area contributed by atoms with Crippen LogP contribution in [0.3, 0.4) is 0 Å². The highest BCUT2D eigenvalue weighted by Gasteiger charge is 2.06. The van der Waals surface area contributed by atoms with Gasteiger partial charge in [0.2, 0.25) is 0 Å². The van der Waals surface area contributed by atoms with Gasteiger partial charge >= 0.3 is 0 Å². The fraction of sp³-hybridized carbons (Fsp3) is 0.333. The van der Waals surface area contributed by atoms with Crippen LogP contribution in [0.1, 0.15) is 10.4 Å². The largest absolute Gasteiger partial charge is 0.389 e. The number of aliphatic hydroxyl groups excluding tert-OH is 1. The molecule has 0 saturated carbocycles. The Balaban J connectivity index is 1.71. The van der Waals surface area contributed by atoms with E-state index in [0.29, 0.717) is 24.8 Å². The minimum absolute atomic E-state index is 0.310. The Bertz CT molecular complexity index is 531. The minimum Gasteiger partial charge on any atom is -0.389 e. The van der Waals surface area contributed by atoms with E-state index in [1.807, 2.05) is 42.6 Å². The summed E-state index contributed by atoms with van der Waals surface area (Å²) in [6.45, 7) is 3.29. The van der Waals surface area contributed by atoms with Gasteiger partial charge in [-0.25, -0.2) is 0 Å². The zero-order valence-corrected chi connectivity index (χ0v) is 12.9. The summed E-state index contributed by atoms with van der Waals surface area (Å²) in [6.07, 6.45) is -0.548. The van der Waals surface area contributed by atoms with Crippen molar-refractivity contribution in [1.29, 1.82) is 0 Å². The van der Waals surface area contributed by atoms with Crippen molar-refractivity contribution in [2.45, 2.75) is 19.6 Å². The van der Waals surface area contributed by atoms with Gasteiger partial charge in [0, 0.05) is 22.1 Å². The van der Waals surface area contributed by atoms with Crippen molar-refractivity contribution in [3.63, 3.8) is 0 Å². The van der Waals surface area contributed by atoms with Gasteiger partial charge in [-0.2, -0.15) is 0 Å². The Morgan fingerprint density at radius 1 is 1.40 bits per heavy atom. The molecular formula is C15H18ClNO2S. The molecule has 1 unspecified atom stereocenters. The van der Waals surface area contributed by atoms with E-state index in [2.05, 4.69) is 5.32 Å². The molecule has 0 spiro atoms. The van der Waals surface area contributed by atoms with Crippen LogP contribution < -0.4 is 5.32 Å². The van der Waals surface area contributed by atoms with Crippen molar-refractivity contribution in [2.75, 3.05) is 18.5 Å². The molecule has 2 N–H and O–H groups in total. The predicted octanol–water partition coefficient (Wildman–Crippen LogP) is 3.70. The number of benzene rings is 1. The summed E-state index contributed by atoms with van der Waals surface area (Å²) in [6, 6.07) is 9.66. The highest BCUT2D eigenvalue weighted by molar-refractivity contribution is 7.09. The summed E-state index contributed by atoms with van der Waals surface area (Å²) in [5.41, 5.74) is 2.04. The molecule has 0 fully saturated rings. The maximum absolute atomic E-state index is 9.88. The van der Waals surface area contributed by atoms with Crippen molar-refractivity contribution < 1.29 is 9.84 Å². The van der Waals surface area contributed by atoms with E-state index in [1.165, 1.54) is 0 Å². The van der Waals surface area contributed by atoms with E-state index in [9.17, 15) is 5.11 Å². The third-order valence-electron chi connectivity index (χ3n) is 2.86. The summed E-state index contributed by atoms with van der Waals surface area (Å²) < 4.78 is 5.48. The van der Waals surface area contributed by atoms with Crippen molar-refractivity contribution in [3.8, 4) is 0 Å². The normalized spacial score (nSPS) is 12.3. The van der Waals surface area contributed by atoms with Crippen molar-refractivity contribution in [2.24, 2.45) is 0 Å². The lowest BCUT2D eigenvalue weighted by Crippen LogP contribution is -2.25. The molecule has 0 amide bonds. The summed E-state index contributed by atoms with van der Waals surface area (Å²) in [5, 5.41) is 15.8. The summed E-state index contributed by atoms with van der Waals surface area (Å²) in [7, 11) is 0. The van der Waals surface area contributed by atoms with Crippen LogP contribution in [0.2, 0.25) is 5.02 Å². The van der Waals surface area contributed by atoms with Crippen LogP contribution in [0.5, 0.6) is 0 Å². The zero-order valence-electron chi connectivity index (χ0n) is 11.3. The molecule has 1 aromatic carbocycles. The first kappa shape index (κ1) is 15.3. The highest BCUT2D eigenvalue weighted by Crippen LogP contribution is 2.20. The van der Waals surface area contributed by atoms with Gasteiger partial charge in [-0.15, -0.1) is 11.3 Å². The number of nitrogens with one attached hydrogen (secondary N) is 1. The lowest BCUT2D eigenvalue weighted by atomic mass is 10.2. The van der Waals surface area contributed by atoms with Crippen LogP contribution in [-0.4, -0.2) is 24.4 Å². The number of aryl methyl sites for hydroxylation is 1. The van der Waals surface area contributed by atoms with Crippen LogP contribution >= 0.6 is 22.9 Å². The molecule has 0 bridgehead atoms. The lowest BCUT2D eigenvalue weighted by Gasteiger charge is -2.14. The monoisotopic (exact) mass is 311 g/mol. The summed E-state index contributed by atoms with van der Waals surface area (Å²) >= 11 is 7.60. The Kier molecular flexibility index (Phi) is 5.86. The van der Waals surface area contributed by atoms with Gasteiger partial charge in [-0.1, -0.05) is 23.7 Å². The predicted molar refractivity (Wildman–Crippen MR) is 84.7 cm³/mol. The smallest absolute Gasteiger partial charge is 0.0945 e. The summed E-state index contributed by atoms with van der Waals surface area (Å²) in [4.78, 5) is 1.16. The maximum Gasteiger partial charge on any atom is 0.0945 e. The highest BCUT2D eigenvalue weighted by atomic mass is 35.5. The molecule has 3 nitrogen and oxygen atoms in total. The van der Waals surface area contributed by atoms with Gasteiger partial charge < -0.3 is 15.2 Å². The number of rotatable bonds is 7. The van der Waals surface area contributed by atoms with E-state index in [1.54, 1.807) is 11.3 Å². The molecule has 0 aliphatic rings. The number of anilines is 1.